The highest BCUT2D eigenvalue weighted by atomic mass is 16.4. The van der Waals surface area contributed by atoms with Crippen LogP contribution in [-0.4, -0.2) is 28.8 Å². The molecule has 1 aromatic heterocycles. The minimum Gasteiger partial charge on any atom is -0.508 e. The van der Waals surface area contributed by atoms with E-state index in [1.807, 2.05) is 25.1 Å². The summed E-state index contributed by atoms with van der Waals surface area (Å²) in [7, 11) is 0. The van der Waals surface area contributed by atoms with Crippen LogP contribution >= 0.6 is 0 Å². The summed E-state index contributed by atoms with van der Waals surface area (Å²) in [5, 5.41) is 21.8. The molecule has 0 saturated carbocycles. The first kappa shape index (κ1) is 24.0. The Balaban J connectivity index is 0.000000233. The number of phenols is 1. The maximum absolute atomic E-state index is 11.3. The number of unbranched alkanes of at least 4 members (excludes halogenated alkanes) is 2. The van der Waals surface area contributed by atoms with Gasteiger partial charge >= 0.3 is 11.6 Å². The van der Waals surface area contributed by atoms with Crippen molar-refractivity contribution in [3.63, 3.8) is 0 Å². The van der Waals surface area contributed by atoms with Crippen LogP contribution < -0.4 is 16.7 Å². The van der Waals surface area contributed by atoms with Crippen LogP contribution in [-0.2, 0) is 11.2 Å². The van der Waals surface area contributed by atoms with Gasteiger partial charge < -0.3 is 25.7 Å². The second-order valence-corrected chi connectivity index (χ2v) is 7.41. The fourth-order valence-electron chi connectivity index (χ4n) is 3.02. The van der Waals surface area contributed by atoms with Crippen molar-refractivity contribution >= 4 is 22.6 Å². The molecule has 0 aliphatic rings. The van der Waals surface area contributed by atoms with E-state index in [-0.39, 0.29) is 17.8 Å². The molecular weight excluding hydrogens is 396 g/mol. The van der Waals surface area contributed by atoms with Crippen LogP contribution in [0.25, 0.3) is 11.0 Å². The molecule has 31 heavy (non-hydrogen) atoms. The topological polar surface area (TPSA) is 126 Å². The first-order valence-electron chi connectivity index (χ1n) is 10.3. The number of aryl methyl sites for hydroxylation is 1. The Labute approximate surface area is 181 Å². The van der Waals surface area contributed by atoms with Crippen LogP contribution in [0, 0.1) is 6.92 Å². The van der Waals surface area contributed by atoms with Crippen molar-refractivity contribution in [1.82, 2.24) is 0 Å². The minimum atomic E-state index is -1.02. The number of carboxylic acids is 1. The number of aromatic hydroxyl groups is 1. The van der Waals surface area contributed by atoms with Gasteiger partial charge in [0.2, 0.25) is 0 Å². The van der Waals surface area contributed by atoms with Crippen molar-refractivity contribution in [3.05, 3.63) is 70.1 Å². The normalized spacial score (nSPS) is 11.5. The third-order valence-corrected chi connectivity index (χ3v) is 4.77. The summed E-state index contributed by atoms with van der Waals surface area (Å²) in [5.41, 5.74) is 8.45. The maximum Gasteiger partial charge on any atom is 0.336 e. The van der Waals surface area contributed by atoms with E-state index in [2.05, 4.69) is 12.2 Å². The molecule has 0 fully saturated rings. The monoisotopic (exact) mass is 426 g/mol. The number of aliphatic carboxylic acids is 1. The summed E-state index contributed by atoms with van der Waals surface area (Å²) >= 11 is 0. The molecule has 0 bridgehead atoms. The van der Waals surface area contributed by atoms with Crippen molar-refractivity contribution in [2.45, 2.75) is 45.6 Å². The Bertz CT molecular complexity index is 1040. The zero-order valence-corrected chi connectivity index (χ0v) is 17.9. The molecule has 3 rings (SSSR count). The lowest BCUT2D eigenvalue weighted by Crippen LogP contribution is -2.32. The summed E-state index contributed by atoms with van der Waals surface area (Å²) < 4.78 is 5.22. The summed E-state index contributed by atoms with van der Waals surface area (Å²) in [6.45, 7) is 5.07. The quantitative estimate of drug-likeness (QED) is 0.316. The molecule has 1 heterocycles. The van der Waals surface area contributed by atoms with Crippen molar-refractivity contribution in [2.75, 3.05) is 11.9 Å². The Morgan fingerprint density at radius 1 is 1.13 bits per heavy atom. The number of nitrogens with one attached hydrogen (secondary N) is 1. The molecular formula is C24H30N2O5. The summed E-state index contributed by atoms with van der Waals surface area (Å²) in [6.07, 6.45) is 3.88. The average Bonchev–Trinajstić information content (AvgIpc) is 2.73. The van der Waals surface area contributed by atoms with Crippen LogP contribution in [0.4, 0.5) is 5.69 Å². The first-order chi connectivity index (χ1) is 14.8. The number of carbonyl (C=O) groups is 1. The second kappa shape index (κ2) is 11.8. The van der Waals surface area contributed by atoms with E-state index in [9.17, 15) is 9.59 Å². The van der Waals surface area contributed by atoms with Crippen LogP contribution in [0.1, 0.15) is 37.3 Å². The molecule has 1 unspecified atom stereocenters. The fraction of sp³-hybridized carbons (Fsp3) is 0.333. The molecule has 5 N–H and O–H groups in total. The van der Waals surface area contributed by atoms with Crippen LogP contribution in [0.2, 0.25) is 0 Å². The third-order valence-electron chi connectivity index (χ3n) is 4.77. The molecule has 3 aromatic rings. The summed E-state index contributed by atoms with van der Waals surface area (Å²) in [5.74, 6) is -0.860. The van der Waals surface area contributed by atoms with E-state index in [0.29, 0.717) is 5.58 Å². The lowest BCUT2D eigenvalue weighted by Gasteiger charge is -2.07. The van der Waals surface area contributed by atoms with E-state index >= 15 is 0 Å². The Morgan fingerprint density at radius 3 is 2.48 bits per heavy atom. The van der Waals surface area contributed by atoms with E-state index in [1.165, 1.54) is 31.0 Å². The van der Waals surface area contributed by atoms with Crippen LogP contribution in [0.15, 0.2) is 57.7 Å². The van der Waals surface area contributed by atoms with E-state index in [0.717, 1.165) is 35.2 Å². The van der Waals surface area contributed by atoms with Crippen LogP contribution in [0.3, 0.4) is 0 Å². The summed E-state index contributed by atoms with van der Waals surface area (Å²) in [6, 6.07) is 12.9. The van der Waals surface area contributed by atoms with Gasteiger partial charge in [-0.2, -0.15) is 0 Å². The largest absolute Gasteiger partial charge is 0.508 e. The standard InChI is InChI=1S/C15H19NO2.C9H11NO3/c1-3-4-5-8-16-12-6-7-13-11(2)9-15(17)18-14(13)10-12;10-8(9(12)13)5-6-1-3-7(11)4-2-6/h6-7,9-10,16H,3-5,8H2,1-2H3;1-4,8,11H,5,10H2,(H,12,13). The summed E-state index contributed by atoms with van der Waals surface area (Å²) in [4.78, 5) is 21.7. The van der Waals surface area contributed by atoms with Gasteiger partial charge in [0.25, 0.3) is 0 Å². The lowest BCUT2D eigenvalue weighted by atomic mass is 10.1. The van der Waals surface area contributed by atoms with Gasteiger partial charge in [-0.25, -0.2) is 4.79 Å². The van der Waals surface area contributed by atoms with Crippen LogP contribution in [0.5, 0.6) is 5.75 Å². The molecule has 2 aromatic carbocycles. The molecule has 7 nitrogen and oxygen atoms in total. The van der Waals surface area contributed by atoms with Crippen molar-refractivity contribution < 1.29 is 19.4 Å². The van der Waals surface area contributed by atoms with E-state index < -0.39 is 12.0 Å². The van der Waals surface area contributed by atoms with Gasteiger partial charge in [0.05, 0.1) is 0 Å². The van der Waals surface area contributed by atoms with Gasteiger partial charge in [-0.05, 0) is 55.2 Å². The Morgan fingerprint density at radius 2 is 1.84 bits per heavy atom. The number of nitrogens with two attached hydrogens (primary N) is 1. The number of fused-ring (bicyclic) bond motifs is 1. The lowest BCUT2D eigenvalue weighted by molar-refractivity contribution is -0.138. The number of rotatable bonds is 8. The van der Waals surface area contributed by atoms with Gasteiger partial charge in [-0.1, -0.05) is 31.9 Å². The van der Waals surface area contributed by atoms with Gasteiger partial charge in [0.1, 0.15) is 17.4 Å². The predicted molar refractivity (Wildman–Crippen MR) is 123 cm³/mol. The molecule has 0 aliphatic heterocycles. The van der Waals surface area contributed by atoms with E-state index in [1.54, 1.807) is 12.1 Å². The number of hydrogen-bond donors (Lipinski definition) is 4. The van der Waals surface area contributed by atoms with Crippen molar-refractivity contribution in [1.29, 1.82) is 0 Å². The minimum absolute atomic E-state index is 0.160. The van der Waals surface area contributed by atoms with Gasteiger partial charge in [-0.15, -0.1) is 0 Å². The number of hydrogen-bond acceptors (Lipinski definition) is 6. The highest BCUT2D eigenvalue weighted by Gasteiger charge is 2.11. The van der Waals surface area contributed by atoms with Gasteiger partial charge in [0, 0.05) is 29.8 Å². The maximum atomic E-state index is 11.3. The van der Waals surface area contributed by atoms with Gasteiger partial charge in [-0.3, -0.25) is 4.79 Å². The second-order valence-electron chi connectivity index (χ2n) is 7.41. The first-order valence-corrected chi connectivity index (χ1v) is 10.3. The molecule has 0 amide bonds. The highest BCUT2D eigenvalue weighted by molar-refractivity contribution is 5.83. The number of anilines is 1. The Kier molecular flexibility index (Phi) is 9.09. The fourth-order valence-corrected chi connectivity index (χ4v) is 3.02. The Hall–Kier alpha value is -3.32. The average molecular weight is 427 g/mol. The molecule has 166 valence electrons. The zero-order chi connectivity index (χ0) is 22.8. The molecule has 7 heteroatoms. The highest BCUT2D eigenvalue weighted by Crippen LogP contribution is 2.20. The SMILES string of the molecule is CCCCCNc1ccc2c(C)cc(=O)oc2c1.NC(Cc1ccc(O)cc1)C(=O)O. The van der Waals surface area contributed by atoms with Crippen molar-refractivity contribution in [2.24, 2.45) is 5.73 Å². The van der Waals surface area contributed by atoms with Gasteiger partial charge in [0.15, 0.2) is 0 Å². The smallest absolute Gasteiger partial charge is 0.336 e. The zero-order valence-electron chi connectivity index (χ0n) is 17.9. The molecule has 0 saturated heterocycles. The molecule has 0 radical (unpaired) electrons. The van der Waals surface area contributed by atoms with E-state index in [4.69, 9.17) is 20.4 Å². The number of carboxylic acid groups (broad SMARTS) is 1. The van der Waals surface area contributed by atoms with Crippen molar-refractivity contribution in [3.8, 4) is 5.75 Å². The molecule has 0 spiro atoms. The number of phenolic OH excluding ortho intramolecular Hbond substituents is 1. The third kappa shape index (κ3) is 7.79. The molecule has 1 atom stereocenters. The number of benzene rings is 2. The molecule has 0 aliphatic carbocycles. The predicted octanol–water partition coefficient (Wildman–Crippen LogP) is 4.05.